The Morgan fingerprint density at radius 2 is 2.32 bits per heavy atom. The predicted molar refractivity (Wildman–Crippen MR) is 105 cm³/mol. The number of nitrogens with zero attached hydrogens (tertiary/aromatic N) is 4. The van der Waals surface area contributed by atoms with E-state index < -0.39 is 37.1 Å². The van der Waals surface area contributed by atoms with E-state index in [4.69, 9.17) is 26.4 Å². The van der Waals surface area contributed by atoms with E-state index in [1.54, 1.807) is 6.92 Å². The predicted octanol–water partition coefficient (Wildman–Crippen LogP) is 2.61. The molecule has 0 aromatic carbocycles. The Morgan fingerprint density at radius 1 is 1.57 bits per heavy atom. The summed E-state index contributed by atoms with van der Waals surface area (Å²) >= 11 is 5.80. The molecule has 2 N–H and O–H groups in total. The van der Waals surface area contributed by atoms with Gasteiger partial charge in [0.2, 0.25) is 0 Å². The molecule has 0 aliphatic carbocycles. The lowest BCUT2D eigenvalue weighted by molar-refractivity contribution is -0.0222. The molecule has 1 aromatic rings. The number of aryl methyl sites for hydroxylation is 1. The van der Waals surface area contributed by atoms with Gasteiger partial charge in [0.05, 0.1) is 18.8 Å². The number of nitrogens with one attached hydrogen (secondary N) is 2. The van der Waals surface area contributed by atoms with E-state index in [1.165, 1.54) is 10.8 Å². The Balaban J connectivity index is 2.12. The third-order valence-corrected chi connectivity index (χ3v) is 6.88. The van der Waals surface area contributed by atoms with Crippen molar-refractivity contribution < 1.29 is 13.8 Å². The zero-order valence-electron chi connectivity index (χ0n) is 15.7. The van der Waals surface area contributed by atoms with Crippen molar-refractivity contribution >= 4 is 19.1 Å². The molecule has 13 heteroatoms. The molecule has 28 heavy (non-hydrogen) atoms. The third kappa shape index (κ3) is 5.70. The summed E-state index contributed by atoms with van der Waals surface area (Å²) in [7, 11) is -3.26. The maximum Gasteiger partial charge on any atom is 0.330 e. The first-order valence-corrected chi connectivity index (χ1v) is 11.2. The first-order chi connectivity index (χ1) is 13.3. The summed E-state index contributed by atoms with van der Waals surface area (Å²) in [6.45, 7) is 3.94. The van der Waals surface area contributed by atoms with Crippen molar-refractivity contribution in [1.82, 2.24) is 14.6 Å². The van der Waals surface area contributed by atoms with E-state index >= 15 is 0 Å². The van der Waals surface area contributed by atoms with E-state index in [0.29, 0.717) is 12.1 Å². The lowest BCUT2D eigenvalue weighted by Crippen LogP contribution is -2.33. The van der Waals surface area contributed by atoms with E-state index in [0.717, 1.165) is 12.8 Å². The molecule has 1 fully saturated rings. The Hall–Kier alpha value is -1.61. The summed E-state index contributed by atoms with van der Waals surface area (Å²) in [6.07, 6.45) is 1.87. The summed E-state index contributed by atoms with van der Waals surface area (Å²) < 4.78 is 25.2. The molecule has 11 nitrogen and oxygen atoms in total. The average molecular weight is 435 g/mol. The number of alkyl halides is 1. The van der Waals surface area contributed by atoms with Crippen LogP contribution in [0, 0.1) is 6.92 Å². The fourth-order valence-corrected chi connectivity index (χ4v) is 4.36. The van der Waals surface area contributed by atoms with Gasteiger partial charge in [-0.15, -0.1) is 11.6 Å². The Labute approximate surface area is 166 Å². The minimum absolute atomic E-state index is 0.125. The molecule has 0 spiro atoms. The summed E-state index contributed by atoms with van der Waals surface area (Å²) in [6, 6.07) is -0.631. The SMILES string of the molecule is CCCCNP(=O)(CCl)OC[C@H]1O[C@@H](n2cc(C)c(=O)[nH]c2=O)C[C@@H]1N=[N+]=[N-]. The van der Waals surface area contributed by atoms with Gasteiger partial charge in [-0.1, -0.05) is 18.5 Å². The number of halogens is 1. The van der Waals surface area contributed by atoms with Crippen molar-refractivity contribution in [2.24, 2.45) is 5.11 Å². The van der Waals surface area contributed by atoms with Crippen LogP contribution in [0.15, 0.2) is 20.9 Å². The van der Waals surface area contributed by atoms with Gasteiger partial charge >= 0.3 is 5.69 Å². The standard InChI is InChI=1S/C15H24ClN6O5P/c1-3-4-5-18-28(25,9-16)26-8-12-11(20-21-17)6-13(27-12)22-7-10(2)14(23)19-15(22)24/h7,11-13H,3-6,8-9H2,1-2H3,(H,18,25)(H,19,23,24)/t11-,12+,13+,28?/m0/s1. The maximum atomic E-state index is 12.6. The van der Waals surface area contributed by atoms with Gasteiger partial charge in [0.25, 0.3) is 13.1 Å². The van der Waals surface area contributed by atoms with Crippen LogP contribution >= 0.6 is 19.1 Å². The summed E-state index contributed by atoms with van der Waals surface area (Å²) in [5.74, 6) is 0. The number of hydrogen-bond donors (Lipinski definition) is 2. The van der Waals surface area contributed by atoms with Crippen molar-refractivity contribution in [1.29, 1.82) is 0 Å². The van der Waals surface area contributed by atoms with Crippen molar-refractivity contribution in [2.45, 2.75) is 51.5 Å². The highest BCUT2D eigenvalue weighted by Crippen LogP contribution is 2.44. The van der Waals surface area contributed by atoms with E-state index in [2.05, 4.69) is 20.1 Å². The van der Waals surface area contributed by atoms with Crippen LogP contribution in [0.1, 0.15) is 38.0 Å². The minimum Gasteiger partial charge on any atom is -0.352 e. The van der Waals surface area contributed by atoms with Gasteiger partial charge in [0.1, 0.15) is 11.8 Å². The lowest BCUT2D eigenvalue weighted by atomic mass is 10.1. The third-order valence-electron chi connectivity index (χ3n) is 4.35. The van der Waals surface area contributed by atoms with Gasteiger partial charge in [0, 0.05) is 29.6 Å². The molecule has 0 amide bonds. The van der Waals surface area contributed by atoms with Crippen molar-refractivity contribution in [3.05, 3.63) is 43.0 Å². The van der Waals surface area contributed by atoms with Crippen LogP contribution in [0.3, 0.4) is 0 Å². The smallest absolute Gasteiger partial charge is 0.330 e. The van der Waals surface area contributed by atoms with E-state index in [9.17, 15) is 14.2 Å². The topological polar surface area (TPSA) is 151 Å². The fraction of sp³-hybridized carbons (Fsp3) is 0.733. The number of H-pyrrole nitrogens is 1. The summed E-state index contributed by atoms with van der Waals surface area (Å²) in [5.41, 5.74) is 7.83. The minimum atomic E-state index is -3.26. The molecule has 1 unspecified atom stereocenters. The number of aromatic nitrogens is 2. The van der Waals surface area contributed by atoms with Crippen LogP contribution < -0.4 is 16.3 Å². The Bertz CT molecular complexity index is 882. The number of hydrogen-bond acceptors (Lipinski definition) is 6. The second-order valence-corrected chi connectivity index (χ2v) is 9.34. The highest BCUT2D eigenvalue weighted by molar-refractivity contribution is 7.58. The van der Waals surface area contributed by atoms with Crippen LogP contribution in [0.2, 0.25) is 0 Å². The summed E-state index contributed by atoms with van der Waals surface area (Å²) in [5, 5.41) is 6.53. The molecule has 1 aromatic heterocycles. The second-order valence-electron chi connectivity index (χ2n) is 6.47. The van der Waals surface area contributed by atoms with Crippen LogP contribution in [-0.4, -0.2) is 40.5 Å². The van der Waals surface area contributed by atoms with Crippen molar-refractivity contribution in [3.8, 4) is 0 Å². The van der Waals surface area contributed by atoms with Crippen LogP contribution in [-0.2, 0) is 13.8 Å². The van der Waals surface area contributed by atoms with Gasteiger partial charge in [-0.3, -0.25) is 18.9 Å². The zero-order chi connectivity index (χ0) is 20.7. The highest BCUT2D eigenvalue weighted by Gasteiger charge is 2.38. The van der Waals surface area contributed by atoms with Gasteiger partial charge < -0.3 is 9.26 Å². The molecule has 2 heterocycles. The number of rotatable bonds is 10. The quantitative estimate of drug-likeness (QED) is 0.144. The van der Waals surface area contributed by atoms with E-state index in [-0.39, 0.29) is 18.6 Å². The van der Waals surface area contributed by atoms with Gasteiger partial charge in [0.15, 0.2) is 0 Å². The van der Waals surface area contributed by atoms with Crippen LogP contribution in [0.25, 0.3) is 10.4 Å². The molecular weight excluding hydrogens is 411 g/mol. The molecule has 0 saturated carbocycles. The molecule has 1 aliphatic rings. The van der Waals surface area contributed by atoms with Gasteiger partial charge in [-0.25, -0.2) is 9.88 Å². The van der Waals surface area contributed by atoms with Gasteiger partial charge in [-0.05, 0) is 18.9 Å². The molecule has 0 radical (unpaired) electrons. The van der Waals surface area contributed by atoms with Crippen LogP contribution in [0.5, 0.6) is 0 Å². The normalized spacial score (nSPS) is 23.9. The molecule has 4 atom stereocenters. The fourth-order valence-electron chi connectivity index (χ4n) is 2.77. The highest BCUT2D eigenvalue weighted by atomic mass is 35.5. The summed E-state index contributed by atoms with van der Waals surface area (Å²) in [4.78, 5) is 28.6. The van der Waals surface area contributed by atoms with Crippen molar-refractivity contribution in [3.63, 3.8) is 0 Å². The molecule has 1 aliphatic heterocycles. The van der Waals surface area contributed by atoms with Crippen LogP contribution in [0.4, 0.5) is 0 Å². The first-order valence-electron chi connectivity index (χ1n) is 8.90. The van der Waals surface area contributed by atoms with E-state index in [1.807, 2.05) is 6.92 Å². The zero-order valence-corrected chi connectivity index (χ0v) is 17.4. The Morgan fingerprint density at radius 3 is 2.96 bits per heavy atom. The number of unbranched alkanes of at least 4 members (excludes halogenated alkanes) is 1. The molecule has 156 valence electrons. The first kappa shape index (κ1) is 22.7. The van der Waals surface area contributed by atoms with Crippen molar-refractivity contribution in [2.75, 3.05) is 18.8 Å². The average Bonchev–Trinajstić information content (AvgIpc) is 3.06. The molecule has 1 saturated heterocycles. The lowest BCUT2D eigenvalue weighted by Gasteiger charge is -2.21. The number of ether oxygens (including phenoxy) is 1. The Kier molecular flexibility index (Phi) is 8.30. The molecular formula is C15H24ClN6O5P. The van der Waals surface area contributed by atoms with Gasteiger partial charge in [-0.2, -0.15) is 0 Å². The maximum absolute atomic E-state index is 12.6. The second kappa shape index (κ2) is 10.2. The number of aromatic amines is 1. The molecule has 2 rings (SSSR count). The largest absolute Gasteiger partial charge is 0.352 e. The number of azide groups is 1. The monoisotopic (exact) mass is 434 g/mol. The molecule has 0 bridgehead atoms.